The highest BCUT2D eigenvalue weighted by Gasteiger charge is 2.09. The van der Waals surface area contributed by atoms with Gasteiger partial charge in [-0.05, 0) is 35.1 Å². The van der Waals surface area contributed by atoms with Gasteiger partial charge in [0.05, 0.1) is 12.7 Å². The Kier molecular flexibility index (Phi) is 6.38. The minimum Gasteiger partial charge on any atom is -0.368 e. The summed E-state index contributed by atoms with van der Waals surface area (Å²) in [4.78, 5) is 0. The number of benzene rings is 3. The average molecular weight is 331 g/mol. The highest BCUT2D eigenvalue weighted by Crippen LogP contribution is 2.18. The first kappa shape index (κ1) is 17.4. The molecule has 3 rings (SSSR count). The molecule has 0 aliphatic rings. The van der Waals surface area contributed by atoms with E-state index in [0.29, 0.717) is 13.2 Å². The van der Waals surface area contributed by atoms with E-state index in [1.54, 1.807) is 0 Å². The molecule has 0 radical (unpaired) electrons. The number of ether oxygens (including phenoxy) is 1. The summed E-state index contributed by atoms with van der Waals surface area (Å²) in [5.74, 6) is 0. The number of hydrogen-bond acceptors (Lipinski definition) is 2. The number of nitrogens with two attached hydrogens (primary N) is 1. The predicted octanol–water partition coefficient (Wildman–Crippen LogP) is 4.69. The summed E-state index contributed by atoms with van der Waals surface area (Å²) in [5, 5.41) is 0. The maximum atomic E-state index is 6.06. The normalized spacial score (nSPS) is 12.0. The van der Waals surface area contributed by atoms with Gasteiger partial charge in [-0.1, -0.05) is 84.9 Å². The Morgan fingerprint density at radius 1 is 0.680 bits per heavy atom. The van der Waals surface area contributed by atoms with Gasteiger partial charge in [0.15, 0.2) is 0 Å². The van der Waals surface area contributed by atoms with Gasteiger partial charge in [-0.3, -0.25) is 0 Å². The zero-order valence-corrected chi connectivity index (χ0v) is 14.5. The third-order valence-electron chi connectivity index (χ3n) is 4.37. The monoisotopic (exact) mass is 331 g/mol. The molecule has 0 heterocycles. The van der Waals surface area contributed by atoms with Crippen LogP contribution in [0, 0.1) is 0 Å². The minimum absolute atomic E-state index is 0.0609. The SMILES string of the molecule is NCC(OCc1cccc(CCc2ccccc2)c1)c1ccccc1. The van der Waals surface area contributed by atoms with Gasteiger partial charge in [-0.15, -0.1) is 0 Å². The Hall–Kier alpha value is -2.42. The summed E-state index contributed by atoms with van der Waals surface area (Å²) in [6, 6.07) is 29.4. The minimum atomic E-state index is -0.0609. The zero-order chi connectivity index (χ0) is 17.3. The largest absolute Gasteiger partial charge is 0.368 e. The van der Waals surface area contributed by atoms with Gasteiger partial charge in [0, 0.05) is 6.54 Å². The van der Waals surface area contributed by atoms with Gasteiger partial charge in [0.2, 0.25) is 0 Å². The van der Waals surface area contributed by atoms with Crippen LogP contribution in [-0.2, 0) is 24.2 Å². The third-order valence-corrected chi connectivity index (χ3v) is 4.37. The molecule has 2 nitrogen and oxygen atoms in total. The van der Waals surface area contributed by atoms with E-state index < -0.39 is 0 Å². The Balaban J connectivity index is 1.58. The van der Waals surface area contributed by atoms with E-state index >= 15 is 0 Å². The quantitative estimate of drug-likeness (QED) is 0.650. The lowest BCUT2D eigenvalue weighted by atomic mass is 10.0. The molecule has 0 fully saturated rings. The summed E-state index contributed by atoms with van der Waals surface area (Å²) >= 11 is 0. The van der Waals surface area contributed by atoms with E-state index in [9.17, 15) is 0 Å². The smallest absolute Gasteiger partial charge is 0.0951 e. The van der Waals surface area contributed by atoms with Crippen molar-refractivity contribution < 1.29 is 4.74 Å². The van der Waals surface area contributed by atoms with Crippen molar-refractivity contribution in [3.63, 3.8) is 0 Å². The number of rotatable bonds is 8. The van der Waals surface area contributed by atoms with Crippen LogP contribution in [0.1, 0.15) is 28.4 Å². The van der Waals surface area contributed by atoms with Crippen LogP contribution in [0.25, 0.3) is 0 Å². The topological polar surface area (TPSA) is 35.2 Å². The Labute approximate surface area is 150 Å². The molecule has 3 aromatic carbocycles. The molecule has 3 aromatic rings. The summed E-state index contributed by atoms with van der Waals surface area (Å²) in [6.45, 7) is 1.06. The van der Waals surface area contributed by atoms with E-state index in [1.807, 2.05) is 18.2 Å². The maximum Gasteiger partial charge on any atom is 0.0951 e. The fourth-order valence-corrected chi connectivity index (χ4v) is 2.97. The first-order chi connectivity index (χ1) is 12.3. The van der Waals surface area contributed by atoms with Crippen LogP contribution in [0.4, 0.5) is 0 Å². The van der Waals surface area contributed by atoms with Gasteiger partial charge in [-0.25, -0.2) is 0 Å². The van der Waals surface area contributed by atoms with Crippen molar-refractivity contribution in [3.8, 4) is 0 Å². The van der Waals surface area contributed by atoms with Crippen LogP contribution in [-0.4, -0.2) is 6.54 Å². The molecule has 2 heteroatoms. The zero-order valence-electron chi connectivity index (χ0n) is 14.5. The lowest BCUT2D eigenvalue weighted by Gasteiger charge is -2.16. The van der Waals surface area contributed by atoms with E-state index in [1.165, 1.54) is 16.7 Å². The maximum absolute atomic E-state index is 6.06. The molecule has 128 valence electrons. The van der Waals surface area contributed by atoms with E-state index in [4.69, 9.17) is 10.5 Å². The Morgan fingerprint density at radius 3 is 2.00 bits per heavy atom. The lowest BCUT2D eigenvalue weighted by Crippen LogP contribution is -2.15. The molecule has 2 N–H and O–H groups in total. The molecule has 0 saturated heterocycles. The highest BCUT2D eigenvalue weighted by molar-refractivity contribution is 5.25. The predicted molar refractivity (Wildman–Crippen MR) is 103 cm³/mol. The van der Waals surface area contributed by atoms with Crippen LogP contribution in [0.2, 0.25) is 0 Å². The van der Waals surface area contributed by atoms with Crippen molar-refractivity contribution in [3.05, 3.63) is 107 Å². The van der Waals surface area contributed by atoms with Crippen molar-refractivity contribution in [2.24, 2.45) is 5.73 Å². The fraction of sp³-hybridized carbons (Fsp3) is 0.217. The van der Waals surface area contributed by atoms with Crippen molar-refractivity contribution in [1.82, 2.24) is 0 Å². The third kappa shape index (κ3) is 5.28. The van der Waals surface area contributed by atoms with Crippen LogP contribution < -0.4 is 5.73 Å². The summed E-state index contributed by atoms with van der Waals surface area (Å²) in [5.41, 5.74) is 10.9. The average Bonchev–Trinajstić information content (AvgIpc) is 2.69. The Bertz CT molecular complexity index is 755. The summed E-state index contributed by atoms with van der Waals surface area (Å²) in [7, 11) is 0. The summed E-state index contributed by atoms with van der Waals surface area (Å²) < 4.78 is 6.06. The van der Waals surface area contributed by atoms with Crippen molar-refractivity contribution in [1.29, 1.82) is 0 Å². The molecular weight excluding hydrogens is 306 g/mol. The molecule has 0 bridgehead atoms. The molecule has 0 amide bonds. The molecule has 0 spiro atoms. The van der Waals surface area contributed by atoms with E-state index in [-0.39, 0.29) is 6.10 Å². The van der Waals surface area contributed by atoms with E-state index in [2.05, 4.69) is 66.7 Å². The van der Waals surface area contributed by atoms with E-state index in [0.717, 1.165) is 18.4 Å². The van der Waals surface area contributed by atoms with Crippen LogP contribution in [0.5, 0.6) is 0 Å². The molecule has 0 aliphatic heterocycles. The summed E-state index contributed by atoms with van der Waals surface area (Å²) in [6.07, 6.45) is 2.03. The molecule has 1 unspecified atom stereocenters. The second-order valence-electron chi connectivity index (χ2n) is 6.25. The van der Waals surface area contributed by atoms with Gasteiger partial charge in [0.25, 0.3) is 0 Å². The van der Waals surface area contributed by atoms with Crippen molar-refractivity contribution in [2.75, 3.05) is 6.54 Å². The second kappa shape index (κ2) is 9.16. The van der Waals surface area contributed by atoms with Crippen LogP contribution in [0.3, 0.4) is 0 Å². The number of aryl methyl sites for hydroxylation is 2. The molecule has 0 aromatic heterocycles. The van der Waals surface area contributed by atoms with Crippen molar-refractivity contribution in [2.45, 2.75) is 25.6 Å². The Morgan fingerprint density at radius 2 is 1.28 bits per heavy atom. The molecule has 1 atom stereocenters. The molecule has 25 heavy (non-hydrogen) atoms. The highest BCUT2D eigenvalue weighted by atomic mass is 16.5. The second-order valence-corrected chi connectivity index (χ2v) is 6.25. The van der Waals surface area contributed by atoms with Crippen LogP contribution in [0.15, 0.2) is 84.9 Å². The van der Waals surface area contributed by atoms with Crippen molar-refractivity contribution >= 4 is 0 Å². The standard InChI is InChI=1S/C23H25NO/c24-17-23(22-12-5-2-6-13-22)25-18-21-11-7-10-20(16-21)15-14-19-8-3-1-4-9-19/h1-13,16,23H,14-15,17-18,24H2. The fourth-order valence-electron chi connectivity index (χ4n) is 2.97. The lowest BCUT2D eigenvalue weighted by molar-refractivity contribution is 0.0456. The van der Waals surface area contributed by atoms with Crippen LogP contribution >= 0.6 is 0 Å². The first-order valence-corrected chi connectivity index (χ1v) is 8.83. The van der Waals surface area contributed by atoms with Gasteiger partial charge < -0.3 is 10.5 Å². The molecule has 0 saturated carbocycles. The molecule has 0 aliphatic carbocycles. The first-order valence-electron chi connectivity index (χ1n) is 8.83. The van der Waals surface area contributed by atoms with Gasteiger partial charge in [0.1, 0.15) is 0 Å². The molecular formula is C23H25NO. The van der Waals surface area contributed by atoms with Gasteiger partial charge in [-0.2, -0.15) is 0 Å². The number of hydrogen-bond donors (Lipinski definition) is 1. The van der Waals surface area contributed by atoms with Gasteiger partial charge >= 0.3 is 0 Å².